The van der Waals surface area contributed by atoms with Gasteiger partial charge in [-0.3, -0.25) is 0 Å². The molecule has 100 valence electrons. The van der Waals surface area contributed by atoms with E-state index >= 15 is 0 Å². The van der Waals surface area contributed by atoms with Gasteiger partial charge in [0.25, 0.3) is 0 Å². The average Bonchev–Trinajstić information content (AvgIpc) is 2.46. The first-order valence-corrected chi connectivity index (χ1v) is 5.66. The normalized spacial score (nSPS) is 10.0. The molecule has 0 spiro atoms. The summed E-state index contributed by atoms with van der Waals surface area (Å²) < 4.78 is 16.1. The number of aromatic nitrogens is 2. The zero-order valence-corrected chi connectivity index (χ0v) is 10.8. The predicted octanol–water partition coefficient (Wildman–Crippen LogP) is 1.65. The van der Waals surface area contributed by atoms with Crippen molar-refractivity contribution < 1.29 is 14.2 Å². The standard InChI is InChI=1S/C13H15N3O3/c1-17-10-5-3-4-9(13(10)18-2)8-19-12-7-6-11(14)15-16-12/h3-7H,8H2,1-2H3,(H2,14,15). The van der Waals surface area contributed by atoms with E-state index in [2.05, 4.69) is 10.2 Å². The molecule has 1 aromatic carbocycles. The van der Waals surface area contributed by atoms with Gasteiger partial charge >= 0.3 is 0 Å². The lowest BCUT2D eigenvalue weighted by Crippen LogP contribution is -2.02. The second-order valence-electron chi connectivity index (χ2n) is 3.74. The molecule has 0 bridgehead atoms. The zero-order chi connectivity index (χ0) is 13.7. The highest BCUT2D eigenvalue weighted by Gasteiger charge is 2.10. The van der Waals surface area contributed by atoms with E-state index in [0.29, 0.717) is 29.8 Å². The topological polar surface area (TPSA) is 79.5 Å². The summed E-state index contributed by atoms with van der Waals surface area (Å²) in [6, 6.07) is 8.88. The minimum atomic E-state index is 0.305. The first-order chi connectivity index (χ1) is 9.24. The molecule has 6 heteroatoms. The number of hydrogen-bond acceptors (Lipinski definition) is 6. The lowest BCUT2D eigenvalue weighted by atomic mass is 10.2. The van der Waals surface area contributed by atoms with Gasteiger partial charge in [-0.05, 0) is 12.1 Å². The summed E-state index contributed by atoms with van der Waals surface area (Å²) in [7, 11) is 3.18. The molecule has 0 saturated carbocycles. The molecule has 0 saturated heterocycles. The van der Waals surface area contributed by atoms with Gasteiger partial charge in [0.1, 0.15) is 12.4 Å². The molecule has 2 aromatic rings. The second-order valence-corrected chi connectivity index (χ2v) is 3.74. The quantitative estimate of drug-likeness (QED) is 0.881. The van der Waals surface area contributed by atoms with Gasteiger partial charge in [0.05, 0.1) is 14.2 Å². The Morgan fingerprint density at radius 2 is 1.89 bits per heavy atom. The number of nitrogen functional groups attached to an aromatic ring is 1. The maximum Gasteiger partial charge on any atom is 0.233 e. The van der Waals surface area contributed by atoms with Crippen LogP contribution in [0.2, 0.25) is 0 Å². The molecule has 0 amide bonds. The van der Waals surface area contributed by atoms with Crippen molar-refractivity contribution in [2.45, 2.75) is 6.61 Å². The molecule has 1 heterocycles. The van der Waals surface area contributed by atoms with Gasteiger partial charge in [0.15, 0.2) is 11.5 Å². The van der Waals surface area contributed by atoms with E-state index in [9.17, 15) is 0 Å². The molecule has 1 aromatic heterocycles. The Balaban J connectivity index is 2.13. The fourth-order valence-corrected chi connectivity index (χ4v) is 1.63. The second kappa shape index (κ2) is 5.90. The highest BCUT2D eigenvalue weighted by atomic mass is 16.5. The number of nitrogens with two attached hydrogens (primary N) is 1. The van der Waals surface area contributed by atoms with Crippen LogP contribution < -0.4 is 19.9 Å². The van der Waals surface area contributed by atoms with E-state index in [1.165, 1.54) is 0 Å². The molecule has 0 atom stereocenters. The van der Waals surface area contributed by atoms with E-state index in [1.807, 2.05) is 18.2 Å². The number of nitrogens with zero attached hydrogens (tertiary/aromatic N) is 2. The fraction of sp³-hybridized carbons (Fsp3) is 0.231. The van der Waals surface area contributed by atoms with E-state index in [1.54, 1.807) is 26.4 Å². The maximum atomic E-state index is 5.52. The Kier molecular flexibility index (Phi) is 4.02. The number of hydrogen-bond donors (Lipinski definition) is 1. The number of anilines is 1. The summed E-state index contributed by atoms with van der Waals surface area (Å²) in [4.78, 5) is 0. The lowest BCUT2D eigenvalue weighted by molar-refractivity contribution is 0.278. The Hall–Kier alpha value is -2.50. The van der Waals surface area contributed by atoms with Crippen molar-refractivity contribution in [1.29, 1.82) is 0 Å². The lowest BCUT2D eigenvalue weighted by Gasteiger charge is -2.12. The number of para-hydroxylation sites is 1. The summed E-state index contributed by atoms with van der Waals surface area (Å²) in [6.07, 6.45) is 0. The predicted molar refractivity (Wildman–Crippen MR) is 70.3 cm³/mol. The van der Waals surface area contributed by atoms with Crippen LogP contribution in [0.5, 0.6) is 17.4 Å². The SMILES string of the molecule is COc1cccc(COc2ccc(N)nn2)c1OC. The van der Waals surface area contributed by atoms with Gasteiger partial charge in [-0.25, -0.2) is 0 Å². The van der Waals surface area contributed by atoms with E-state index < -0.39 is 0 Å². The summed E-state index contributed by atoms with van der Waals surface area (Å²) >= 11 is 0. The van der Waals surface area contributed by atoms with E-state index in [-0.39, 0.29) is 0 Å². The van der Waals surface area contributed by atoms with E-state index in [0.717, 1.165) is 5.56 Å². The van der Waals surface area contributed by atoms with Gasteiger partial charge in [0.2, 0.25) is 5.88 Å². The van der Waals surface area contributed by atoms with Crippen LogP contribution in [0.15, 0.2) is 30.3 Å². The van der Waals surface area contributed by atoms with Gasteiger partial charge in [-0.1, -0.05) is 12.1 Å². The highest BCUT2D eigenvalue weighted by molar-refractivity contribution is 5.46. The molecule has 0 fully saturated rings. The average molecular weight is 261 g/mol. The van der Waals surface area contributed by atoms with Gasteiger partial charge in [-0.15, -0.1) is 10.2 Å². The van der Waals surface area contributed by atoms with Crippen LogP contribution in [0.1, 0.15) is 5.56 Å². The molecule has 0 aliphatic carbocycles. The Morgan fingerprint density at radius 3 is 2.53 bits per heavy atom. The minimum absolute atomic E-state index is 0.305. The van der Waals surface area contributed by atoms with Crippen molar-refractivity contribution in [3.8, 4) is 17.4 Å². The largest absolute Gasteiger partial charge is 0.493 e. The summed E-state index contributed by atoms with van der Waals surface area (Å²) in [5, 5.41) is 7.54. The molecule has 2 rings (SSSR count). The van der Waals surface area contributed by atoms with Crippen molar-refractivity contribution in [2.24, 2.45) is 0 Å². The summed E-state index contributed by atoms with van der Waals surface area (Å²) in [5.41, 5.74) is 6.31. The van der Waals surface area contributed by atoms with Crippen LogP contribution in [-0.4, -0.2) is 24.4 Å². The van der Waals surface area contributed by atoms with Crippen LogP contribution in [0.4, 0.5) is 5.82 Å². The molecular weight excluding hydrogens is 246 g/mol. The smallest absolute Gasteiger partial charge is 0.233 e. The Morgan fingerprint density at radius 1 is 1.05 bits per heavy atom. The molecule has 0 aliphatic rings. The van der Waals surface area contributed by atoms with Crippen LogP contribution in [0.25, 0.3) is 0 Å². The van der Waals surface area contributed by atoms with Crippen LogP contribution in [-0.2, 0) is 6.61 Å². The van der Waals surface area contributed by atoms with Crippen molar-refractivity contribution in [2.75, 3.05) is 20.0 Å². The molecule has 19 heavy (non-hydrogen) atoms. The van der Waals surface area contributed by atoms with E-state index in [4.69, 9.17) is 19.9 Å². The van der Waals surface area contributed by atoms with Gasteiger partial charge < -0.3 is 19.9 Å². The van der Waals surface area contributed by atoms with Gasteiger partial charge in [-0.2, -0.15) is 0 Å². The van der Waals surface area contributed by atoms with Crippen molar-refractivity contribution in [1.82, 2.24) is 10.2 Å². The monoisotopic (exact) mass is 261 g/mol. The highest BCUT2D eigenvalue weighted by Crippen LogP contribution is 2.31. The Labute approximate surface area is 111 Å². The van der Waals surface area contributed by atoms with Gasteiger partial charge in [0, 0.05) is 11.6 Å². The van der Waals surface area contributed by atoms with Crippen molar-refractivity contribution in [3.05, 3.63) is 35.9 Å². The fourth-order valence-electron chi connectivity index (χ4n) is 1.63. The maximum absolute atomic E-state index is 5.52. The number of ether oxygens (including phenoxy) is 3. The molecule has 0 radical (unpaired) electrons. The third-order valence-electron chi connectivity index (χ3n) is 2.52. The minimum Gasteiger partial charge on any atom is -0.493 e. The zero-order valence-electron chi connectivity index (χ0n) is 10.8. The molecule has 0 unspecified atom stereocenters. The van der Waals surface area contributed by atoms with Crippen LogP contribution in [0, 0.1) is 0 Å². The van der Waals surface area contributed by atoms with Crippen molar-refractivity contribution >= 4 is 5.82 Å². The number of benzene rings is 1. The summed E-state index contributed by atoms with van der Waals surface area (Å²) in [5.74, 6) is 2.06. The molecule has 6 nitrogen and oxygen atoms in total. The molecule has 0 aliphatic heterocycles. The summed E-state index contributed by atoms with van der Waals surface area (Å²) in [6.45, 7) is 0.305. The first kappa shape index (κ1) is 12.9. The van der Waals surface area contributed by atoms with Crippen molar-refractivity contribution in [3.63, 3.8) is 0 Å². The number of rotatable bonds is 5. The third-order valence-corrected chi connectivity index (χ3v) is 2.52. The Bertz CT molecular complexity index is 543. The molecular formula is C13H15N3O3. The molecule has 2 N–H and O–H groups in total. The number of methoxy groups -OCH3 is 2. The van der Waals surface area contributed by atoms with Crippen LogP contribution in [0.3, 0.4) is 0 Å². The first-order valence-electron chi connectivity index (χ1n) is 5.66. The third kappa shape index (κ3) is 3.04. The van der Waals surface area contributed by atoms with Crippen LogP contribution >= 0.6 is 0 Å².